The first kappa shape index (κ1) is 18.5. The van der Waals surface area contributed by atoms with Crippen LogP contribution < -0.4 is 14.8 Å². The fourth-order valence-corrected chi connectivity index (χ4v) is 2.83. The number of ether oxygens (including phenoxy) is 3. The summed E-state index contributed by atoms with van der Waals surface area (Å²) in [6, 6.07) is 5.73. The quantitative estimate of drug-likeness (QED) is 0.745. The summed E-state index contributed by atoms with van der Waals surface area (Å²) in [6.45, 7) is 5.10. The molecule has 0 bridgehead atoms. The molecule has 24 heavy (non-hydrogen) atoms. The van der Waals surface area contributed by atoms with E-state index >= 15 is 0 Å². The lowest BCUT2D eigenvalue weighted by Gasteiger charge is -2.22. The number of benzene rings is 1. The van der Waals surface area contributed by atoms with E-state index in [9.17, 15) is 4.79 Å². The van der Waals surface area contributed by atoms with Gasteiger partial charge in [-0.15, -0.1) is 0 Å². The highest BCUT2D eigenvalue weighted by atomic mass is 16.5. The lowest BCUT2D eigenvalue weighted by molar-refractivity contribution is -0.130. The molecule has 0 spiro atoms. The number of nitrogens with one attached hydrogen (secondary N) is 1. The first-order valence-electron chi connectivity index (χ1n) is 8.49. The minimum atomic E-state index is 0.0882. The molecule has 6 heteroatoms. The van der Waals surface area contributed by atoms with E-state index in [1.54, 1.807) is 14.2 Å². The summed E-state index contributed by atoms with van der Waals surface area (Å²) < 4.78 is 16.1. The molecule has 1 N–H and O–H groups in total. The van der Waals surface area contributed by atoms with Crippen molar-refractivity contribution in [3.63, 3.8) is 0 Å². The van der Waals surface area contributed by atoms with E-state index in [4.69, 9.17) is 14.2 Å². The second kappa shape index (κ2) is 9.49. The molecule has 1 atom stereocenters. The normalized spacial score (nSPS) is 16.9. The molecular weight excluding hydrogens is 308 g/mol. The molecule has 1 saturated heterocycles. The van der Waals surface area contributed by atoms with Crippen LogP contribution in [0.15, 0.2) is 18.2 Å². The van der Waals surface area contributed by atoms with Crippen molar-refractivity contribution in [2.45, 2.75) is 32.4 Å². The summed E-state index contributed by atoms with van der Waals surface area (Å²) in [5.41, 5.74) is 1.02. The molecule has 1 aliphatic rings. The standard InChI is InChI=1S/C18H28N2O4/c1-4-20(18(21)12-19-11-15-6-5-9-24-15)13-14-7-8-16(22-2)17(10-14)23-3/h7-8,10,15,19H,4-6,9,11-13H2,1-3H3. The minimum absolute atomic E-state index is 0.0882. The lowest BCUT2D eigenvalue weighted by Crippen LogP contribution is -2.39. The van der Waals surface area contributed by atoms with Crippen LogP contribution in [-0.2, 0) is 16.1 Å². The van der Waals surface area contributed by atoms with E-state index in [0.717, 1.165) is 31.6 Å². The van der Waals surface area contributed by atoms with Crippen molar-refractivity contribution in [3.8, 4) is 11.5 Å². The maximum Gasteiger partial charge on any atom is 0.236 e. The molecule has 1 fully saturated rings. The van der Waals surface area contributed by atoms with E-state index in [2.05, 4.69) is 5.32 Å². The van der Waals surface area contributed by atoms with Gasteiger partial charge >= 0.3 is 0 Å². The van der Waals surface area contributed by atoms with Crippen molar-refractivity contribution < 1.29 is 19.0 Å². The molecule has 1 unspecified atom stereocenters. The van der Waals surface area contributed by atoms with Gasteiger partial charge < -0.3 is 24.4 Å². The summed E-state index contributed by atoms with van der Waals surface area (Å²) in [4.78, 5) is 14.2. The Labute approximate surface area is 144 Å². The predicted octanol–water partition coefficient (Wildman–Crippen LogP) is 1.82. The minimum Gasteiger partial charge on any atom is -0.493 e. The van der Waals surface area contributed by atoms with Gasteiger partial charge in [-0.05, 0) is 37.5 Å². The zero-order valence-corrected chi connectivity index (χ0v) is 14.8. The molecule has 2 rings (SSSR count). The van der Waals surface area contributed by atoms with Crippen LogP contribution in [0.25, 0.3) is 0 Å². The third kappa shape index (κ3) is 5.11. The van der Waals surface area contributed by atoms with Crippen LogP contribution in [0.1, 0.15) is 25.3 Å². The molecule has 1 aromatic rings. The number of carbonyl (C=O) groups excluding carboxylic acids is 1. The SMILES string of the molecule is CCN(Cc1ccc(OC)c(OC)c1)C(=O)CNCC1CCCO1. The Balaban J connectivity index is 1.86. The number of hydrogen-bond acceptors (Lipinski definition) is 5. The van der Waals surface area contributed by atoms with Crippen LogP contribution >= 0.6 is 0 Å². The van der Waals surface area contributed by atoms with Crippen molar-refractivity contribution in [1.29, 1.82) is 0 Å². The number of rotatable bonds is 9. The van der Waals surface area contributed by atoms with Gasteiger partial charge in [0.2, 0.25) is 5.91 Å². The molecule has 1 aliphatic heterocycles. The van der Waals surface area contributed by atoms with Crippen LogP contribution in [0.2, 0.25) is 0 Å². The molecule has 0 radical (unpaired) electrons. The number of amides is 1. The first-order valence-corrected chi connectivity index (χ1v) is 8.49. The highest BCUT2D eigenvalue weighted by Gasteiger charge is 2.17. The summed E-state index contributed by atoms with van der Waals surface area (Å²) in [5.74, 6) is 1.45. The Morgan fingerprint density at radius 3 is 2.75 bits per heavy atom. The smallest absolute Gasteiger partial charge is 0.236 e. The summed E-state index contributed by atoms with van der Waals surface area (Å²) in [7, 11) is 3.22. The average molecular weight is 336 g/mol. The third-order valence-corrected chi connectivity index (χ3v) is 4.23. The lowest BCUT2D eigenvalue weighted by atomic mass is 10.2. The number of carbonyl (C=O) groups is 1. The fraction of sp³-hybridized carbons (Fsp3) is 0.611. The Morgan fingerprint density at radius 2 is 2.12 bits per heavy atom. The number of hydrogen-bond donors (Lipinski definition) is 1. The van der Waals surface area contributed by atoms with Crippen LogP contribution in [0.3, 0.4) is 0 Å². The Morgan fingerprint density at radius 1 is 1.33 bits per heavy atom. The molecule has 0 aromatic heterocycles. The molecule has 1 aromatic carbocycles. The second-order valence-electron chi connectivity index (χ2n) is 5.86. The fourth-order valence-electron chi connectivity index (χ4n) is 2.83. The number of likely N-dealkylation sites (N-methyl/N-ethyl adjacent to an activating group) is 1. The molecular formula is C18H28N2O4. The van der Waals surface area contributed by atoms with Gasteiger partial charge in [-0.3, -0.25) is 4.79 Å². The van der Waals surface area contributed by atoms with Crippen LogP contribution in [0, 0.1) is 0 Å². The Hall–Kier alpha value is -1.79. The zero-order valence-electron chi connectivity index (χ0n) is 14.8. The van der Waals surface area contributed by atoms with Gasteiger partial charge in [-0.2, -0.15) is 0 Å². The Kier molecular flexibility index (Phi) is 7.34. The van der Waals surface area contributed by atoms with Gasteiger partial charge in [0.15, 0.2) is 11.5 Å². The molecule has 0 saturated carbocycles. The zero-order chi connectivity index (χ0) is 17.4. The van der Waals surface area contributed by atoms with Gasteiger partial charge in [0.05, 0.1) is 26.9 Å². The summed E-state index contributed by atoms with van der Waals surface area (Å²) >= 11 is 0. The average Bonchev–Trinajstić information content (AvgIpc) is 3.12. The van der Waals surface area contributed by atoms with E-state index in [-0.39, 0.29) is 12.0 Å². The van der Waals surface area contributed by atoms with Gasteiger partial charge in [-0.1, -0.05) is 6.07 Å². The highest BCUT2D eigenvalue weighted by Crippen LogP contribution is 2.28. The van der Waals surface area contributed by atoms with Crippen molar-refractivity contribution in [2.24, 2.45) is 0 Å². The second-order valence-corrected chi connectivity index (χ2v) is 5.86. The van der Waals surface area contributed by atoms with E-state index < -0.39 is 0 Å². The summed E-state index contributed by atoms with van der Waals surface area (Å²) in [5, 5.41) is 3.21. The van der Waals surface area contributed by atoms with E-state index in [1.807, 2.05) is 30.0 Å². The van der Waals surface area contributed by atoms with Gasteiger partial charge in [0.1, 0.15) is 0 Å². The highest BCUT2D eigenvalue weighted by molar-refractivity contribution is 5.78. The van der Waals surface area contributed by atoms with Crippen LogP contribution in [-0.4, -0.2) is 57.4 Å². The Bertz CT molecular complexity index is 530. The maximum atomic E-state index is 12.4. The van der Waals surface area contributed by atoms with Crippen LogP contribution in [0.4, 0.5) is 0 Å². The van der Waals surface area contributed by atoms with E-state index in [0.29, 0.717) is 31.1 Å². The topological polar surface area (TPSA) is 60.0 Å². The molecule has 1 heterocycles. The first-order chi connectivity index (χ1) is 11.7. The van der Waals surface area contributed by atoms with Crippen molar-refractivity contribution in [1.82, 2.24) is 10.2 Å². The molecule has 134 valence electrons. The number of methoxy groups -OCH3 is 2. The van der Waals surface area contributed by atoms with Crippen molar-refractivity contribution in [3.05, 3.63) is 23.8 Å². The van der Waals surface area contributed by atoms with Gasteiger partial charge in [0.25, 0.3) is 0 Å². The third-order valence-electron chi connectivity index (χ3n) is 4.23. The molecule has 6 nitrogen and oxygen atoms in total. The van der Waals surface area contributed by atoms with Crippen LogP contribution in [0.5, 0.6) is 11.5 Å². The largest absolute Gasteiger partial charge is 0.493 e. The molecule has 1 amide bonds. The van der Waals surface area contributed by atoms with Crippen molar-refractivity contribution in [2.75, 3.05) is 40.5 Å². The van der Waals surface area contributed by atoms with E-state index in [1.165, 1.54) is 0 Å². The molecule has 0 aliphatic carbocycles. The van der Waals surface area contributed by atoms with Gasteiger partial charge in [-0.25, -0.2) is 0 Å². The van der Waals surface area contributed by atoms with Gasteiger partial charge in [0, 0.05) is 26.2 Å². The van der Waals surface area contributed by atoms with Crippen molar-refractivity contribution >= 4 is 5.91 Å². The maximum absolute atomic E-state index is 12.4. The summed E-state index contributed by atoms with van der Waals surface area (Å²) in [6.07, 6.45) is 2.43. The number of nitrogens with zero attached hydrogens (tertiary/aromatic N) is 1. The predicted molar refractivity (Wildman–Crippen MR) is 92.5 cm³/mol. The monoisotopic (exact) mass is 336 g/mol.